The highest BCUT2D eigenvalue weighted by Crippen LogP contribution is 2.59. The Kier molecular flexibility index (Phi) is 5.83. The molecule has 0 N–H and O–H groups in total. The number of hydrogen-bond acceptors (Lipinski definition) is 1. The molecule has 2 fully saturated rings. The van der Waals surface area contributed by atoms with Crippen LogP contribution in [-0.4, -0.2) is 18.0 Å². The summed E-state index contributed by atoms with van der Waals surface area (Å²) in [6, 6.07) is 17.8. The Labute approximate surface area is 180 Å². The molecular weight excluding hydrogens is 462 g/mol. The summed E-state index contributed by atoms with van der Waals surface area (Å²) in [5, 5.41) is 0. The molecule has 4 rings (SSSR count). The van der Waals surface area contributed by atoms with Gasteiger partial charge in [-0.15, -0.1) is 0 Å². The Bertz CT molecular complexity index is 742. The third-order valence-electron chi connectivity index (χ3n) is 6.12. The molecule has 2 aromatic carbocycles. The molecule has 0 radical (unpaired) electrons. The van der Waals surface area contributed by atoms with Gasteiger partial charge in [-0.25, -0.2) is 0 Å². The van der Waals surface area contributed by atoms with E-state index in [0.29, 0.717) is 0 Å². The van der Waals surface area contributed by atoms with Crippen LogP contribution in [0.25, 0.3) is 0 Å². The summed E-state index contributed by atoms with van der Waals surface area (Å²) in [6.07, 6.45) is 7.48. The summed E-state index contributed by atoms with van der Waals surface area (Å²) < 4.78 is 0.510. The molecule has 144 valence electrons. The summed E-state index contributed by atoms with van der Waals surface area (Å²) in [4.78, 5) is 2.57. The van der Waals surface area contributed by atoms with Crippen LogP contribution in [0.4, 0.5) is 0 Å². The van der Waals surface area contributed by atoms with Crippen molar-refractivity contribution in [2.24, 2.45) is 0 Å². The van der Waals surface area contributed by atoms with E-state index >= 15 is 0 Å². The molecule has 1 nitrogen and oxygen atoms in total. The van der Waals surface area contributed by atoms with Crippen molar-refractivity contribution in [3.05, 3.63) is 70.8 Å². The van der Waals surface area contributed by atoms with Crippen molar-refractivity contribution < 1.29 is 0 Å². The highest BCUT2D eigenvalue weighted by atomic mass is 79.9. The van der Waals surface area contributed by atoms with E-state index in [1.54, 1.807) is 16.7 Å². The fraction of sp³-hybridized carbons (Fsp3) is 0.500. The van der Waals surface area contributed by atoms with Gasteiger partial charge in [0.2, 0.25) is 0 Å². The number of hydrogen-bond donors (Lipinski definition) is 0. The molecule has 0 unspecified atom stereocenters. The van der Waals surface area contributed by atoms with E-state index < -0.39 is 0 Å². The predicted molar refractivity (Wildman–Crippen MR) is 122 cm³/mol. The molecule has 0 heterocycles. The van der Waals surface area contributed by atoms with Crippen LogP contribution >= 0.6 is 31.9 Å². The van der Waals surface area contributed by atoms with E-state index in [9.17, 15) is 0 Å². The summed E-state index contributed by atoms with van der Waals surface area (Å²) in [5.41, 5.74) is 6.13. The topological polar surface area (TPSA) is 3.24 Å². The van der Waals surface area contributed by atoms with E-state index in [4.69, 9.17) is 0 Å². The molecule has 27 heavy (non-hydrogen) atoms. The summed E-state index contributed by atoms with van der Waals surface area (Å²) in [5.74, 6) is 0. The van der Waals surface area contributed by atoms with Gasteiger partial charge in [0.15, 0.2) is 0 Å². The highest BCUT2D eigenvalue weighted by molar-refractivity contribution is 9.10. The summed E-state index contributed by atoms with van der Waals surface area (Å²) in [6.45, 7) is 5.59. The van der Waals surface area contributed by atoms with Crippen LogP contribution in [0.5, 0.6) is 0 Å². The number of benzene rings is 2. The lowest BCUT2D eigenvalue weighted by Crippen LogP contribution is -2.24. The van der Waals surface area contributed by atoms with Gasteiger partial charge in [-0.2, -0.15) is 0 Å². The molecule has 0 spiro atoms. The maximum absolute atomic E-state index is 4.02. The van der Waals surface area contributed by atoms with Crippen molar-refractivity contribution in [1.82, 2.24) is 4.90 Å². The molecule has 0 aliphatic heterocycles. The van der Waals surface area contributed by atoms with Crippen LogP contribution in [0.2, 0.25) is 0 Å². The quantitative estimate of drug-likeness (QED) is 0.345. The van der Waals surface area contributed by atoms with Crippen molar-refractivity contribution in [3.8, 4) is 0 Å². The van der Waals surface area contributed by atoms with Gasteiger partial charge >= 0.3 is 0 Å². The summed E-state index contributed by atoms with van der Waals surface area (Å²) >= 11 is 8.05. The van der Waals surface area contributed by atoms with Gasteiger partial charge in [0.05, 0.1) is 8.65 Å². The first-order valence-corrected chi connectivity index (χ1v) is 11.9. The number of halogens is 2. The normalized spacial score (nSPS) is 19.3. The van der Waals surface area contributed by atoms with Gasteiger partial charge in [-0.05, 0) is 73.9 Å². The van der Waals surface area contributed by atoms with Crippen LogP contribution in [0.1, 0.15) is 61.3 Å². The molecule has 2 saturated carbocycles. The minimum atomic E-state index is 0.255. The zero-order valence-corrected chi connectivity index (χ0v) is 19.4. The number of rotatable bonds is 9. The molecule has 0 bridgehead atoms. The van der Waals surface area contributed by atoms with E-state index in [-0.39, 0.29) is 8.65 Å². The van der Waals surface area contributed by atoms with Crippen molar-refractivity contribution in [3.63, 3.8) is 0 Å². The number of nitrogens with zero attached hydrogens (tertiary/aromatic N) is 1. The highest BCUT2D eigenvalue weighted by Gasteiger charge is 2.47. The average Bonchev–Trinajstić information content (AvgIpc) is 3.61. The molecule has 2 aliphatic rings. The predicted octanol–water partition coefficient (Wildman–Crippen LogP) is 6.91. The van der Waals surface area contributed by atoms with E-state index in [2.05, 4.69) is 92.2 Å². The minimum absolute atomic E-state index is 0.255. The molecule has 0 saturated heterocycles. The Morgan fingerprint density at radius 1 is 0.852 bits per heavy atom. The Balaban J connectivity index is 1.46. The maximum atomic E-state index is 4.02. The van der Waals surface area contributed by atoms with Crippen molar-refractivity contribution in [1.29, 1.82) is 0 Å². The van der Waals surface area contributed by atoms with Crippen LogP contribution in [0.3, 0.4) is 0 Å². The first-order valence-electron chi connectivity index (χ1n) is 10.3. The van der Waals surface area contributed by atoms with Crippen molar-refractivity contribution in [2.45, 2.75) is 60.6 Å². The van der Waals surface area contributed by atoms with Crippen molar-refractivity contribution in [2.75, 3.05) is 13.1 Å². The van der Waals surface area contributed by atoms with Gasteiger partial charge < -0.3 is 0 Å². The van der Waals surface area contributed by atoms with Crippen LogP contribution in [0, 0.1) is 0 Å². The second kappa shape index (κ2) is 8.00. The third kappa shape index (κ3) is 4.52. The molecular formula is C24H29Br2N. The molecule has 3 heteroatoms. The Morgan fingerprint density at radius 3 is 1.96 bits per heavy atom. The molecule has 0 amide bonds. The van der Waals surface area contributed by atoms with E-state index in [1.807, 2.05) is 0 Å². The van der Waals surface area contributed by atoms with Crippen LogP contribution < -0.4 is 0 Å². The Hall–Kier alpha value is -0.640. The van der Waals surface area contributed by atoms with Gasteiger partial charge in [-0.1, -0.05) is 87.3 Å². The lowest BCUT2D eigenvalue weighted by atomic mass is 9.91. The van der Waals surface area contributed by atoms with Gasteiger partial charge in [-0.3, -0.25) is 4.90 Å². The lowest BCUT2D eigenvalue weighted by molar-refractivity contribution is 0.276. The van der Waals surface area contributed by atoms with E-state index in [1.165, 1.54) is 44.1 Å². The zero-order chi connectivity index (χ0) is 18.9. The minimum Gasteiger partial charge on any atom is -0.299 e. The molecule has 0 aromatic heterocycles. The average molecular weight is 491 g/mol. The first kappa shape index (κ1) is 19.7. The first-order chi connectivity index (χ1) is 13.0. The maximum Gasteiger partial charge on any atom is 0.0510 e. The standard InChI is InChI=1S/C24H29Br2N/c1-2-27(18-19-8-4-3-5-9-19)17-7-10-20-21(23(25)13-14-23)11-6-12-22(20)24(26)15-16-24/h3-6,8-9,11-12H,2,7,10,13-18H2,1H3. The second-order valence-corrected chi connectivity index (χ2v) is 11.3. The molecule has 0 atom stereocenters. The fourth-order valence-electron chi connectivity index (χ4n) is 4.12. The van der Waals surface area contributed by atoms with Crippen LogP contribution in [0.15, 0.2) is 48.5 Å². The monoisotopic (exact) mass is 489 g/mol. The van der Waals surface area contributed by atoms with Gasteiger partial charge in [0.1, 0.15) is 0 Å². The number of alkyl halides is 2. The van der Waals surface area contributed by atoms with E-state index in [0.717, 1.165) is 19.6 Å². The van der Waals surface area contributed by atoms with Gasteiger partial charge in [0.25, 0.3) is 0 Å². The SMILES string of the molecule is CCN(CCCc1c(C2(Br)CC2)cccc1C1(Br)CC1)Cc1ccccc1. The van der Waals surface area contributed by atoms with Crippen molar-refractivity contribution >= 4 is 31.9 Å². The fourth-order valence-corrected chi connectivity index (χ4v) is 5.26. The Morgan fingerprint density at radius 2 is 1.44 bits per heavy atom. The third-order valence-corrected chi connectivity index (χ3v) is 8.56. The zero-order valence-electron chi connectivity index (χ0n) is 16.2. The second-order valence-electron chi connectivity index (χ2n) is 8.22. The van der Waals surface area contributed by atoms with Crippen LogP contribution in [-0.2, 0) is 21.6 Å². The molecule has 2 aliphatic carbocycles. The largest absolute Gasteiger partial charge is 0.299 e. The lowest BCUT2D eigenvalue weighted by Gasteiger charge is -2.23. The van der Waals surface area contributed by atoms with Gasteiger partial charge in [0, 0.05) is 6.54 Å². The smallest absolute Gasteiger partial charge is 0.0510 e. The molecule has 2 aromatic rings. The summed E-state index contributed by atoms with van der Waals surface area (Å²) in [7, 11) is 0.